The second-order valence-electron chi connectivity index (χ2n) is 12.9. The van der Waals surface area contributed by atoms with Gasteiger partial charge in [0.1, 0.15) is 16.8 Å². The maximum absolute atomic E-state index is 6.64. The average molecular weight is 638 g/mol. The zero-order valence-corrected chi connectivity index (χ0v) is 26.8. The van der Waals surface area contributed by atoms with Gasteiger partial charge in [0.2, 0.25) is 5.95 Å². The van der Waals surface area contributed by atoms with E-state index in [2.05, 4.69) is 150 Å². The Morgan fingerprint density at radius 1 is 0.440 bits per heavy atom. The number of rotatable bonds is 3. The number of anilines is 3. The van der Waals surface area contributed by atoms with Crippen molar-refractivity contribution < 1.29 is 4.42 Å². The summed E-state index contributed by atoms with van der Waals surface area (Å²) in [5.41, 5.74) is 10.9. The van der Waals surface area contributed by atoms with Gasteiger partial charge in [-0.2, -0.15) is 0 Å². The van der Waals surface area contributed by atoms with Crippen LogP contribution in [0.1, 0.15) is 0 Å². The summed E-state index contributed by atoms with van der Waals surface area (Å²) < 4.78 is 6.64. The first-order valence-electron chi connectivity index (χ1n) is 16.9. The van der Waals surface area contributed by atoms with Gasteiger partial charge < -0.3 is 4.42 Å². The smallest absolute Gasteiger partial charge is 0.236 e. The summed E-state index contributed by atoms with van der Waals surface area (Å²) in [5, 5.41) is 8.01. The number of para-hydroxylation sites is 1. The Balaban J connectivity index is 1.26. The number of hydrogen-bond acceptors (Lipinski definition) is 4. The third-order valence-corrected chi connectivity index (χ3v) is 10.2. The van der Waals surface area contributed by atoms with Crippen molar-refractivity contribution >= 4 is 71.7 Å². The summed E-state index contributed by atoms with van der Waals surface area (Å²) >= 11 is 0. The van der Waals surface area contributed by atoms with Crippen molar-refractivity contribution in [2.24, 2.45) is 0 Å². The standard InChI is InChI=1S/C46H27N3O/c1-2-12-28(13-3-1)31-25-26-35(34-19-7-6-18-33(31)34)43-45-44(36-20-8-9-23-40(36)50-45)48-46(47-43)49-38-22-11-16-30-15-10-21-37(41(30)38)42-32-17-5-4-14-29(32)24-27-39(42)49/h1-27H. The molecule has 0 bridgehead atoms. The Labute approximate surface area is 287 Å². The molecule has 11 rings (SSSR count). The predicted molar refractivity (Wildman–Crippen MR) is 206 cm³/mol. The van der Waals surface area contributed by atoms with E-state index in [0.717, 1.165) is 49.9 Å². The highest BCUT2D eigenvalue weighted by Gasteiger charge is 2.30. The van der Waals surface area contributed by atoms with Crippen molar-refractivity contribution in [3.05, 3.63) is 164 Å². The molecule has 0 saturated carbocycles. The largest absolute Gasteiger partial charge is 0.452 e. The molecule has 0 fully saturated rings. The second kappa shape index (κ2) is 10.4. The molecule has 8 aromatic carbocycles. The minimum atomic E-state index is 0.605. The van der Waals surface area contributed by atoms with Crippen LogP contribution >= 0.6 is 0 Å². The monoisotopic (exact) mass is 637 g/mol. The molecule has 3 heterocycles. The first-order chi connectivity index (χ1) is 24.8. The molecule has 0 atom stereocenters. The molecule has 0 spiro atoms. The van der Waals surface area contributed by atoms with E-state index in [0.29, 0.717) is 11.5 Å². The summed E-state index contributed by atoms with van der Waals surface area (Å²) in [5.74, 6) is 0.605. The molecule has 0 amide bonds. The zero-order chi connectivity index (χ0) is 32.8. The number of fused-ring (bicyclic) bond motifs is 8. The van der Waals surface area contributed by atoms with Crippen molar-refractivity contribution in [1.29, 1.82) is 0 Å². The molecular formula is C46H27N3O. The normalized spacial score (nSPS) is 12.4. The molecule has 232 valence electrons. The van der Waals surface area contributed by atoms with Crippen LogP contribution in [0.25, 0.3) is 87.9 Å². The van der Waals surface area contributed by atoms with E-state index in [9.17, 15) is 0 Å². The van der Waals surface area contributed by atoms with Crippen molar-refractivity contribution in [2.75, 3.05) is 4.90 Å². The zero-order valence-electron chi connectivity index (χ0n) is 26.8. The number of furan rings is 1. The minimum absolute atomic E-state index is 0.605. The van der Waals surface area contributed by atoms with Crippen molar-refractivity contribution in [3.63, 3.8) is 0 Å². The number of hydrogen-bond donors (Lipinski definition) is 0. The Kier molecular flexibility index (Phi) is 5.63. The van der Waals surface area contributed by atoms with Crippen molar-refractivity contribution in [1.82, 2.24) is 9.97 Å². The lowest BCUT2D eigenvalue weighted by atomic mass is 9.88. The van der Waals surface area contributed by atoms with Crippen molar-refractivity contribution in [3.8, 4) is 33.5 Å². The molecule has 0 unspecified atom stereocenters. The molecule has 0 N–H and O–H groups in total. The van der Waals surface area contributed by atoms with Gasteiger partial charge in [-0.1, -0.05) is 140 Å². The Hall–Kier alpha value is -6.78. The lowest BCUT2D eigenvalue weighted by Gasteiger charge is -2.32. The van der Waals surface area contributed by atoms with Crippen LogP contribution in [0.5, 0.6) is 0 Å². The van der Waals surface area contributed by atoms with Crippen LogP contribution in [0.2, 0.25) is 0 Å². The molecular weight excluding hydrogens is 611 g/mol. The fourth-order valence-corrected chi connectivity index (χ4v) is 8.03. The van der Waals surface area contributed by atoms with Crippen LogP contribution in [0.15, 0.2) is 168 Å². The van der Waals surface area contributed by atoms with Gasteiger partial charge in [0, 0.05) is 21.9 Å². The van der Waals surface area contributed by atoms with Gasteiger partial charge in [-0.25, -0.2) is 9.97 Å². The van der Waals surface area contributed by atoms with Crippen LogP contribution in [-0.2, 0) is 0 Å². The highest BCUT2D eigenvalue weighted by atomic mass is 16.3. The number of aromatic nitrogens is 2. The van der Waals surface area contributed by atoms with Crippen molar-refractivity contribution in [2.45, 2.75) is 0 Å². The van der Waals surface area contributed by atoms with E-state index in [4.69, 9.17) is 14.4 Å². The summed E-state index contributed by atoms with van der Waals surface area (Å²) in [4.78, 5) is 13.1. The molecule has 0 radical (unpaired) electrons. The predicted octanol–water partition coefficient (Wildman–Crippen LogP) is 12.6. The van der Waals surface area contributed by atoms with Gasteiger partial charge in [0.15, 0.2) is 5.58 Å². The van der Waals surface area contributed by atoms with Gasteiger partial charge in [-0.15, -0.1) is 0 Å². The van der Waals surface area contributed by atoms with Gasteiger partial charge in [-0.3, -0.25) is 4.90 Å². The van der Waals surface area contributed by atoms with E-state index in [-0.39, 0.29) is 0 Å². The first kappa shape index (κ1) is 27.2. The van der Waals surface area contributed by atoms with Crippen LogP contribution < -0.4 is 4.90 Å². The molecule has 2 aromatic heterocycles. The van der Waals surface area contributed by atoms with E-state index in [1.54, 1.807) is 0 Å². The Bertz CT molecular complexity index is 2990. The van der Waals surface area contributed by atoms with E-state index >= 15 is 0 Å². The average Bonchev–Trinajstić information content (AvgIpc) is 3.56. The van der Waals surface area contributed by atoms with Gasteiger partial charge in [0.05, 0.1) is 11.4 Å². The van der Waals surface area contributed by atoms with E-state index in [1.165, 1.54) is 43.8 Å². The van der Waals surface area contributed by atoms with Crippen LogP contribution in [0, 0.1) is 0 Å². The maximum atomic E-state index is 6.64. The fraction of sp³-hybridized carbons (Fsp3) is 0. The third-order valence-electron chi connectivity index (χ3n) is 10.2. The van der Waals surface area contributed by atoms with Crippen LogP contribution in [0.4, 0.5) is 17.3 Å². The lowest BCUT2D eigenvalue weighted by molar-refractivity contribution is 0.667. The number of benzene rings is 8. The molecule has 50 heavy (non-hydrogen) atoms. The second-order valence-corrected chi connectivity index (χ2v) is 12.9. The maximum Gasteiger partial charge on any atom is 0.236 e. The fourth-order valence-electron chi connectivity index (χ4n) is 8.03. The Morgan fingerprint density at radius 3 is 1.98 bits per heavy atom. The third kappa shape index (κ3) is 3.81. The molecule has 1 aliphatic heterocycles. The van der Waals surface area contributed by atoms with E-state index in [1.807, 2.05) is 18.2 Å². The highest BCUT2D eigenvalue weighted by Crippen LogP contribution is 2.53. The topological polar surface area (TPSA) is 42.2 Å². The Morgan fingerprint density at radius 2 is 1.12 bits per heavy atom. The summed E-state index contributed by atoms with van der Waals surface area (Å²) in [6.45, 7) is 0. The highest BCUT2D eigenvalue weighted by molar-refractivity contribution is 6.19. The lowest BCUT2D eigenvalue weighted by Crippen LogP contribution is -2.18. The molecule has 0 aliphatic carbocycles. The van der Waals surface area contributed by atoms with Crippen LogP contribution in [-0.4, -0.2) is 9.97 Å². The van der Waals surface area contributed by atoms with Gasteiger partial charge in [-0.05, 0) is 67.9 Å². The molecule has 4 heteroatoms. The van der Waals surface area contributed by atoms with Crippen LogP contribution in [0.3, 0.4) is 0 Å². The molecule has 10 aromatic rings. The minimum Gasteiger partial charge on any atom is -0.452 e. The summed E-state index contributed by atoms with van der Waals surface area (Å²) in [7, 11) is 0. The van der Waals surface area contributed by atoms with Gasteiger partial charge in [0.25, 0.3) is 0 Å². The summed E-state index contributed by atoms with van der Waals surface area (Å²) in [6.07, 6.45) is 0. The molecule has 1 aliphatic rings. The molecule has 0 saturated heterocycles. The summed E-state index contributed by atoms with van der Waals surface area (Å²) in [6, 6.07) is 57.9. The number of nitrogens with zero attached hydrogens (tertiary/aromatic N) is 3. The first-order valence-corrected chi connectivity index (χ1v) is 16.9. The quantitative estimate of drug-likeness (QED) is 0.193. The van der Waals surface area contributed by atoms with E-state index < -0.39 is 0 Å². The SMILES string of the molecule is c1ccc(-c2ccc(-c3nc(N4c5ccc6ccccc6c5-c5cccc6cccc4c56)nc4c3oc3ccccc34)c3ccccc23)cc1. The van der Waals surface area contributed by atoms with Gasteiger partial charge >= 0.3 is 0 Å². The molecule has 4 nitrogen and oxygen atoms in total.